The number of Topliss-reactive ketones (excluding diaryl/α,β-unsaturated/α-hetero) is 1. The second-order valence-corrected chi connectivity index (χ2v) is 3.45. The molecule has 0 aliphatic heterocycles. The van der Waals surface area contributed by atoms with Gasteiger partial charge in [-0.2, -0.15) is 0 Å². The van der Waals surface area contributed by atoms with Gasteiger partial charge in [-0.05, 0) is 30.6 Å². The topological polar surface area (TPSA) is 17.1 Å². The summed E-state index contributed by atoms with van der Waals surface area (Å²) in [5.41, 5.74) is 0.988. The lowest BCUT2D eigenvalue weighted by atomic mass is 9.93. The molecule has 0 N–H and O–H groups in total. The fraction of sp³-hybridized carbons (Fsp3) is 0.667. The van der Waals surface area contributed by atoms with Crippen LogP contribution in [0.3, 0.4) is 0 Å². The predicted octanol–water partition coefficient (Wildman–Crippen LogP) is 2.72. The first-order valence-electron chi connectivity index (χ1n) is 4.20. The molecule has 0 saturated heterocycles. The zero-order chi connectivity index (χ0) is 8.27. The second-order valence-electron chi connectivity index (χ2n) is 2.91. The Bertz CT molecular complexity index is 194. The molecule has 0 aromatic rings. The summed E-state index contributed by atoms with van der Waals surface area (Å²) in [5.74, 6) is 0.322. The van der Waals surface area contributed by atoms with Crippen LogP contribution in [0.5, 0.6) is 0 Å². The number of allylic oxidation sites excluding steroid dienone is 2. The molecule has 1 saturated carbocycles. The van der Waals surface area contributed by atoms with E-state index in [1.165, 1.54) is 0 Å². The van der Waals surface area contributed by atoms with E-state index in [1.807, 2.05) is 6.92 Å². The number of ketones is 1. The molecule has 0 heterocycles. The van der Waals surface area contributed by atoms with Crippen molar-refractivity contribution in [1.29, 1.82) is 0 Å². The Kier molecular flexibility index (Phi) is 3.18. The van der Waals surface area contributed by atoms with Crippen molar-refractivity contribution in [3.8, 4) is 0 Å². The molecule has 1 rings (SSSR count). The highest BCUT2D eigenvalue weighted by Crippen LogP contribution is 2.25. The third-order valence-electron chi connectivity index (χ3n) is 2.10. The van der Waals surface area contributed by atoms with Crippen molar-refractivity contribution < 1.29 is 4.79 Å². The SMILES string of the molecule is CC/C(S)=C1\CCCCC1=O. The average Bonchev–Trinajstić information content (AvgIpc) is 2.04. The number of thiol groups is 1. The van der Waals surface area contributed by atoms with Gasteiger partial charge in [-0.1, -0.05) is 6.92 Å². The Hall–Kier alpha value is -0.240. The van der Waals surface area contributed by atoms with E-state index in [4.69, 9.17) is 0 Å². The fourth-order valence-corrected chi connectivity index (χ4v) is 1.63. The van der Waals surface area contributed by atoms with Gasteiger partial charge in [0.2, 0.25) is 0 Å². The van der Waals surface area contributed by atoms with Gasteiger partial charge >= 0.3 is 0 Å². The third-order valence-corrected chi connectivity index (χ3v) is 2.69. The highest BCUT2D eigenvalue weighted by atomic mass is 32.1. The molecule has 0 radical (unpaired) electrons. The molecule has 1 fully saturated rings. The molecule has 1 aliphatic rings. The molecule has 0 spiro atoms. The monoisotopic (exact) mass is 170 g/mol. The number of carbonyl (C=O) groups excluding carboxylic acids is 1. The minimum absolute atomic E-state index is 0.322. The number of carbonyl (C=O) groups is 1. The van der Waals surface area contributed by atoms with Crippen molar-refractivity contribution in [2.45, 2.75) is 39.0 Å². The van der Waals surface area contributed by atoms with Crippen LogP contribution in [0.4, 0.5) is 0 Å². The van der Waals surface area contributed by atoms with Crippen LogP contribution in [0.1, 0.15) is 39.0 Å². The van der Waals surface area contributed by atoms with Crippen LogP contribution in [0.25, 0.3) is 0 Å². The minimum atomic E-state index is 0.322. The minimum Gasteiger partial charge on any atom is -0.295 e. The maximum absolute atomic E-state index is 11.3. The van der Waals surface area contributed by atoms with E-state index in [1.54, 1.807) is 0 Å². The van der Waals surface area contributed by atoms with E-state index < -0.39 is 0 Å². The van der Waals surface area contributed by atoms with Crippen molar-refractivity contribution in [1.82, 2.24) is 0 Å². The molecule has 0 aromatic carbocycles. The molecule has 2 heteroatoms. The van der Waals surface area contributed by atoms with E-state index in [-0.39, 0.29) is 0 Å². The average molecular weight is 170 g/mol. The molecule has 11 heavy (non-hydrogen) atoms. The maximum atomic E-state index is 11.3. The van der Waals surface area contributed by atoms with Gasteiger partial charge in [-0.15, -0.1) is 12.6 Å². The van der Waals surface area contributed by atoms with E-state index in [0.717, 1.165) is 42.6 Å². The predicted molar refractivity (Wildman–Crippen MR) is 49.8 cm³/mol. The zero-order valence-corrected chi connectivity index (χ0v) is 7.79. The normalized spacial score (nSPS) is 23.6. The molecule has 0 aromatic heterocycles. The van der Waals surface area contributed by atoms with Crippen LogP contribution in [0.2, 0.25) is 0 Å². The van der Waals surface area contributed by atoms with Gasteiger partial charge in [0.05, 0.1) is 0 Å². The second kappa shape index (κ2) is 3.96. The van der Waals surface area contributed by atoms with Crippen LogP contribution in [-0.4, -0.2) is 5.78 Å². The Morgan fingerprint density at radius 1 is 1.45 bits per heavy atom. The summed E-state index contributed by atoms with van der Waals surface area (Å²) in [7, 11) is 0. The summed E-state index contributed by atoms with van der Waals surface area (Å²) in [6.45, 7) is 2.04. The van der Waals surface area contributed by atoms with Gasteiger partial charge in [-0.25, -0.2) is 0 Å². The lowest BCUT2D eigenvalue weighted by Gasteiger charge is -2.14. The summed E-state index contributed by atoms with van der Waals surface area (Å²) in [4.78, 5) is 12.3. The Balaban J connectivity index is 2.75. The highest BCUT2D eigenvalue weighted by Gasteiger charge is 2.16. The summed E-state index contributed by atoms with van der Waals surface area (Å²) in [6.07, 6.45) is 4.80. The van der Waals surface area contributed by atoms with Gasteiger partial charge in [0.25, 0.3) is 0 Å². The first-order chi connectivity index (χ1) is 5.25. The molecule has 1 nitrogen and oxygen atoms in total. The Labute approximate surface area is 73.3 Å². The summed E-state index contributed by atoms with van der Waals surface area (Å²) in [5, 5.41) is 0. The van der Waals surface area contributed by atoms with E-state index in [9.17, 15) is 4.79 Å². The van der Waals surface area contributed by atoms with Gasteiger partial charge in [0.15, 0.2) is 5.78 Å². The largest absolute Gasteiger partial charge is 0.295 e. The Morgan fingerprint density at radius 3 is 2.64 bits per heavy atom. The summed E-state index contributed by atoms with van der Waals surface area (Å²) >= 11 is 4.29. The standard InChI is InChI=1S/C9H14OS/c1-2-9(11)7-5-3-4-6-8(7)10/h11H,2-6H2,1H3/b9-7-. The molecular formula is C9H14OS. The third kappa shape index (κ3) is 2.09. The van der Waals surface area contributed by atoms with Crippen LogP contribution < -0.4 is 0 Å². The maximum Gasteiger partial charge on any atom is 0.159 e. The highest BCUT2D eigenvalue weighted by molar-refractivity contribution is 7.84. The van der Waals surface area contributed by atoms with Crippen molar-refractivity contribution in [2.24, 2.45) is 0 Å². The molecule has 0 unspecified atom stereocenters. The molecule has 1 aliphatic carbocycles. The van der Waals surface area contributed by atoms with Crippen molar-refractivity contribution in [3.63, 3.8) is 0 Å². The van der Waals surface area contributed by atoms with Crippen molar-refractivity contribution in [2.75, 3.05) is 0 Å². The molecule has 0 amide bonds. The lowest BCUT2D eigenvalue weighted by Crippen LogP contribution is -2.09. The molecule has 0 bridgehead atoms. The number of rotatable bonds is 1. The van der Waals surface area contributed by atoms with Crippen LogP contribution in [0, 0.1) is 0 Å². The zero-order valence-electron chi connectivity index (χ0n) is 6.89. The van der Waals surface area contributed by atoms with E-state index in [2.05, 4.69) is 12.6 Å². The van der Waals surface area contributed by atoms with Crippen LogP contribution in [0.15, 0.2) is 10.5 Å². The van der Waals surface area contributed by atoms with Gasteiger partial charge in [0.1, 0.15) is 0 Å². The molecular weight excluding hydrogens is 156 g/mol. The quantitative estimate of drug-likeness (QED) is 0.473. The molecule has 62 valence electrons. The van der Waals surface area contributed by atoms with Gasteiger partial charge in [-0.3, -0.25) is 4.79 Å². The smallest absolute Gasteiger partial charge is 0.159 e. The van der Waals surface area contributed by atoms with Gasteiger partial charge in [0, 0.05) is 12.0 Å². The summed E-state index contributed by atoms with van der Waals surface area (Å²) < 4.78 is 0. The fourth-order valence-electron chi connectivity index (χ4n) is 1.40. The first-order valence-corrected chi connectivity index (χ1v) is 4.64. The number of hydrogen-bond donors (Lipinski definition) is 1. The number of hydrogen-bond acceptors (Lipinski definition) is 2. The first kappa shape index (κ1) is 8.85. The lowest BCUT2D eigenvalue weighted by molar-refractivity contribution is -0.116. The molecule has 0 atom stereocenters. The van der Waals surface area contributed by atoms with E-state index in [0.29, 0.717) is 5.78 Å². The van der Waals surface area contributed by atoms with Crippen LogP contribution in [-0.2, 0) is 4.79 Å². The summed E-state index contributed by atoms with van der Waals surface area (Å²) in [6, 6.07) is 0. The van der Waals surface area contributed by atoms with Gasteiger partial charge < -0.3 is 0 Å². The van der Waals surface area contributed by atoms with E-state index >= 15 is 0 Å². The Morgan fingerprint density at radius 2 is 2.09 bits per heavy atom. The van der Waals surface area contributed by atoms with Crippen molar-refractivity contribution >= 4 is 18.4 Å². The van der Waals surface area contributed by atoms with Crippen LogP contribution >= 0.6 is 12.6 Å². The van der Waals surface area contributed by atoms with Crippen molar-refractivity contribution in [3.05, 3.63) is 10.5 Å².